The van der Waals surface area contributed by atoms with Gasteiger partial charge < -0.3 is 10.1 Å². The average molecular weight is 228 g/mol. The van der Waals surface area contributed by atoms with Gasteiger partial charge in [-0.1, -0.05) is 24.3 Å². The molecule has 2 heterocycles. The van der Waals surface area contributed by atoms with E-state index in [4.69, 9.17) is 4.74 Å². The van der Waals surface area contributed by atoms with Gasteiger partial charge >= 0.3 is 0 Å². The van der Waals surface area contributed by atoms with E-state index < -0.39 is 0 Å². The number of nitrogens with one attached hydrogen (secondary N) is 1. The Bertz CT molecular complexity index is 527. The lowest BCUT2D eigenvalue weighted by Gasteiger charge is -2.24. The lowest BCUT2D eigenvalue weighted by Crippen LogP contribution is -2.35. The molecule has 3 heteroatoms. The first kappa shape index (κ1) is 10.5. The van der Waals surface area contributed by atoms with Gasteiger partial charge in [-0.3, -0.25) is 0 Å². The summed E-state index contributed by atoms with van der Waals surface area (Å²) in [5.74, 6) is 0.955. The van der Waals surface area contributed by atoms with Crippen molar-refractivity contribution in [3.63, 3.8) is 0 Å². The fraction of sp³-hybridized carbons (Fsp3) is 0.357. The molecular formula is C14H16N2O. The third kappa shape index (κ3) is 1.98. The van der Waals surface area contributed by atoms with E-state index in [1.54, 1.807) is 0 Å². The van der Waals surface area contributed by atoms with Gasteiger partial charge in [-0.25, -0.2) is 4.98 Å². The molecule has 3 rings (SSSR count). The van der Waals surface area contributed by atoms with E-state index in [1.165, 1.54) is 10.8 Å². The summed E-state index contributed by atoms with van der Waals surface area (Å²) in [6.07, 6.45) is 2.88. The summed E-state index contributed by atoms with van der Waals surface area (Å²) >= 11 is 0. The minimum absolute atomic E-state index is 0.0110. The Morgan fingerprint density at radius 2 is 2.18 bits per heavy atom. The zero-order valence-electron chi connectivity index (χ0n) is 9.94. The molecule has 0 amide bonds. The molecule has 1 aromatic heterocycles. The first-order valence-corrected chi connectivity index (χ1v) is 5.97. The van der Waals surface area contributed by atoms with Crippen LogP contribution in [0.5, 0.6) is 0 Å². The van der Waals surface area contributed by atoms with Crippen LogP contribution in [0.15, 0.2) is 36.5 Å². The summed E-state index contributed by atoms with van der Waals surface area (Å²) in [6, 6.07) is 10.3. The van der Waals surface area contributed by atoms with Crippen molar-refractivity contribution in [2.45, 2.75) is 18.9 Å². The van der Waals surface area contributed by atoms with Crippen LogP contribution in [0.4, 0.5) is 5.82 Å². The lowest BCUT2D eigenvalue weighted by molar-refractivity contribution is 0.185. The molecule has 1 fully saturated rings. The van der Waals surface area contributed by atoms with Crippen molar-refractivity contribution in [2.24, 2.45) is 0 Å². The molecule has 88 valence electrons. The Kier molecular flexibility index (Phi) is 2.48. The van der Waals surface area contributed by atoms with Gasteiger partial charge in [0.2, 0.25) is 0 Å². The van der Waals surface area contributed by atoms with E-state index in [0.29, 0.717) is 0 Å². The zero-order chi connectivity index (χ0) is 11.7. The highest BCUT2D eigenvalue weighted by Crippen LogP contribution is 2.27. The van der Waals surface area contributed by atoms with Crippen LogP contribution in [0, 0.1) is 0 Å². The quantitative estimate of drug-likeness (QED) is 0.858. The highest BCUT2D eigenvalue weighted by Gasteiger charge is 2.30. The van der Waals surface area contributed by atoms with Crippen molar-refractivity contribution in [2.75, 3.05) is 18.5 Å². The van der Waals surface area contributed by atoms with Gasteiger partial charge in [-0.2, -0.15) is 0 Å². The minimum atomic E-state index is 0.0110. The van der Waals surface area contributed by atoms with Gasteiger partial charge in [0.1, 0.15) is 5.82 Å². The molecule has 1 aliphatic heterocycles. The number of aromatic nitrogens is 1. The summed E-state index contributed by atoms with van der Waals surface area (Å²) in [5, 5.41) is 5.91. The minimum Gasteiger partial charge on any atom is -0.379 e. The largest absolute Gasteiger partial charge is 0.379 e. The van der Waals surface area contributed by atoms with Crippen LogP contribution in [0.2, 0.25) is 0 Å². The van der Waals surface area contributed by atoms with Crippen LogP contribution >= 0.6 is 0 Å². The molecule has 0 bridgehead atoms. The molecule has 0 aliphatic carbocycles. The van der Waals surface area contributed by atoms with E-state index in [1.807, 2.05) is 24.4 Å². The van der Waals surface area contributed by atoms with Gasteiger partial charge in [0.15, 0.2) is 0 Å². The first-order chi connectivity index (χ1) is 8.27. The van der Waals surface area contributed by atoms with Crippen LogP contribution < -0.4 is 5.32 Å². The average Bonchev–Trinajstić information content (AvgIpc) is 2.76. The van der Waals surface area contributed by atoms with Crippen molar-refractivity contribution < 1.29 is 4.74 Å². The molecule has 0 saturated carbocycles. The fourth-order valence-electron chi connectivity index (χ4n) is 2.27. The number of ether oxygens (including phenoxy) is 1. The zero-order valence-corrected chi connectivity index (χ0v) is 9.94. The third-order valence-corrected chi connectivity index (χ3v) is 3.31. The molecule has 0 radical (unpaired) electrons. The van der Waals surface area contributed by atoms with Crippen molar-refractivity contribution in [1.82, 2.24) is 4.98 Å². The predicted molar refractivity (Wildman–Crippen MR) is 69.2 cm³/mol. The maximum Gasteiger partial charge on any atom is 0.134 e. The van der Waals surface area contributed by atoms with Gasteiger partial charge in [-0.05, 0) is 24.8 Å². The van der Waals surface area contributed by atoms with Crippen LogP contribution in [-0.4, -0.2) is 23.7 Å². The second-order valence-corrected chi connectivity index (χ2v) is 4.87. The van der Waals surface area contributed by atoms with Gasteiger partial charge in [-0.15, -0.1) is 0 Å². The Labute approximate surface area is 101 Å². The van der Waals surface area contributed by atoms with E-state index in [9.17, 15) is 0 Å². The van der Waals surface area contributed by atoms with E-state index in [2.05, 4.69) is 29.4 Å². The van der Waals surface area contributed by atoms with E-state index >= 15 is 0 Å². The van der Waals surface area contributed by atoms with E-state index in [-0.39, 0.29) is 5.54 Å². The second-order valence-electron chi connectivity index (χ2n) is 4.87. The standard InChI is InChI=1S/C14H16N2O/c1-14(7-9-17-10-14)16-13-12-5-3-2-4-11(12)6-8-15-13/h2-6,8H,7,9-10H2,1H3,(H,15,16). The molecule has 1 N–H and O–H groups in total. The number of hydrogen-bond donors (Lipinski definition) is 1. The Morgan fingerprint density at radius 3 is 3.00 bits per heavy atom. The molecule has 1 aliphatic rings. The number of anilines is 1. The molecule has 1 atom stereocenters. The Hall–Kier alpha value is -1.61. The SMILES string of the molecule is CC1(Nc2nccc3ccccc23)CCOC1. The van der Waals surface area contributed by atoms with Crippen LogP contribution in [0.3, 0.4) is 0 Å². The number of nitrogens with zero attached hydrogens (tertiary/aromatic N) is 1. The highest BCUT2D eigenvalue weighted by atomic mass is 16.5. The summed E-state index contributed by atoms with van der Waals surface area (Å²) in [7, 11) is 0. The van der Waals surface area contributed by atoms with Crippen molar-refractivity contribution in [1.29, 1.82) is 0 Å². The summed E-state index contributed by atoms with van der Waals surface area (Å²) in [5.41, 5.74) is 0.0110. The fourth-order valence-corrected chi connectivity index (χ4v) is 2.27. The molecule has 1 unspecified atom stereocenters. The summed E-state index contributed by atoms with van der Waals surface area (Å²) in [4.78, 5) is 4.45. The molecular weight excluding hydrogens is 212 g/mol. The molecule has 17 heavy (non-hydrogen) atoms. The van der Waals surface area contributed by atoms with Gasteiger partial charge in [0, 0.05) is 18.2 Å². The van der Waals surface area contributed by atoms with Crippen LogP contribution in [0.25, 0.3) is 10.8 Å². The number of pyridine rings is 1. The van der Waals surface area contributed by atoms with Crippen molar-refractivity contribution in [3.8, 4) is 0 Å². The Balaban J connectivity index is 2.00. The molecule has 1 aromatic carbocycles. The van der Waals surface area contributed by atoms with Gasteiger partial charge in [0.05, 0.1) is 12.1 Å². The van der Waals surface area contributed by atoms with Gasteiger partial charge in [0.25, 0.3) is 0 Å². The maximum absolute atomic E-state index is 5.45. The smallest absolute Gasteiger partial charge is 0.134 e. The monoisotopic (exact) mass is 228 g/mol. The molecule has 2 aromatic rings. The second kappa shape index (κ2) is 4.00. The van der Waals surface area contributed by atoms with Crippen molar-refractivity contribution in [3.05, 3.63) is 36.5 Å². The summed E-state index contributed by atoms with van der Waals surface area (Å²) in [6.45, 7) is 3.76. The highest BCUT2D eigenvalue weighted by molar-refractivity contribution is 5.91. The Morgan fingerprint density at radius 1 is 1.29 bits per heavy atom. The predicted octanol–water partition coefficient (Wildman–Crippen LogP) is 2.83. The number of rotatable bonds is 2. The van der Waals surface area contributed by atoms with Crippen LogP contribution in [0.1, 0.15) is 13.3 Å². The maximum atomic E-state index is 5.45. The lowest BCUT2D eigenvalue weighted by atomic mass is 10.0. The number of hydrogen-bond acceptors (Lipinski definition) is 3. The number of benzene rings is 1. The molecule has 1 saturated heterocycles. The van der Waals surface area contributed by atoms with E-state index in [0.717, 1.165) is 25.5 Å². The molecule has 3 nitrogen and oxygen atoms in total. The topological polar surface area (TPSA) is 34.2 Å². The van der Waals surface area contributed by atoms with Crippen LogP contribution in [-0.2, 0) is 4.74 Å². The van der Waals surface area contributed by atoms with Crippen molar-refractivity contribution >= 4 is 16.6 Å². The number of fused-ring (bicyclic) bond motifs is 1. The first-order valence-electron chi connectivity index (χ1n) is 5.97. The molecule has 0 spiro atoms. The summed E-state index contributed by atoms with van der Waals surface area (Å²) < 4.78 is 5.45. The third-order valence-electron chi connectivity index (χ3n) is 3.31. The normalized spacial score (nSPS) is 24.1.